The van der Waals surface area contributed by atoms with E-state index in [1.807, 2.05) is 6.07 Å². The molecule has 0 bridgehead atoms. The fourth-order valence-corrected chi connectivity index (χ4v) is 2.48. The molecule has 1 aliphatic rings. The molecule has 1 aliphatic carbocycles. The topological polar surface area (TPSA) is 42.2 Å². The largest absolute Gasteiger partial charge is 0.478 e. The van der Waals surface area contributed by atoms with Gasteiger partial charge in [-0.05, 0) is 30.5 Å². The molecule has 92 valence electrons. The minimum atomic E-state index is -0.896. The summed E-state index contributed by atoms with van der Waals surface area (Å²) in [4.78, 5) is 10.4. The molecule has 0 amide bonds. The van der Waals surface area contributed by atoms with E-state index in [0.29, 0.717) is 6.04 Å². The van der Waals surface area contributed by atoms with E-state index in [9.17, 15) is 4.79 Å². The van der Waals surface area contributed by atoms with Gasteiger partial charge in [0.1, 0.15) is 0 Å². The van der Waals surface area contributed by atoms with Crippen LogP contribution in [0.25, 0.3) is 6.08 Å². The number of hydrogen-bond donors (Lipinski definition) is 1. The Morgan fingerprint density at radius 3 is 2.65 bits per heavy atom. The molecule has 1 fully saturated rings. The summed E-state index contributed by atoms with van der Waals surface area (Å²) in [5, 5.41) is 8.57. The summed E-state index contributed by atoms with van der Waals surface area (Å²) in [5.74, 6) is -0.896. The molecular formula is C14H19NO2. The first-order valence-corrected chi connectivity index (χ1v) is 6.34. The van der Waals surface area contributed by atoms with E-state index in [0.717, 1.165) is 5.56 Å². The lowest BCUT2D eigenvalue weighted by molar-refractivity contribution is -0.131. The first-order chi connectivity index (χ1) is 8.25. The molecule has 2 rings (SSSR count). The molecule has 1 aromatic heterocycles. The van der Waals surface area contributed by atoms with Crippen molar-refractivity contribution in [1.82, 2.24) is 4.57 Å². The zero-order chi connectivity index (χ0) is 12.1. The average Bonchev–Trinajstić information content (AvgIpc) is 2.60. The van der Waals surface area contributed by atoms with Crippen molar-refractivity contribution in [3.05, 3.63) is 30.1 Å². The Labute approximate surface area is 102 Å². The average molecular weight is 233 g/mol. The second-order valence-electron chi connectivity index (χ2n) is 4.71. The molecule has 0 aromatic carbocycles. The maximum absolute atomic E-state index is 10.4. The molecule has 0 saturated heterocycles. The van der Waals surface area contributed by atoms with Gasteiger partial charge in [0.05, 0.1) is 0 Å². The Bertz CT molecular complexity index is 398. The summed E-state index contributed by atoms with van der Waals surface area (Å²) in [6, 6.07) is 2.58. The normalized spacial score (nSPS) is 18.4. The minimum absolute atomic E-state index is 0.601. The summed E-state index contributed by atoms with van der Waals surface area (Å²) in [5.41, 5.74) is 0.969. The standard InChI is InChI=1S/C14H19NO2/c16-14(17)8-7-12-9-10-15(11-12)13-5-3-1-2-4-6-13/h7-11,13H,1-6H2,(H,16,17). The van der Waals surface area contributed by atoms with Gasteiger partial charge in [-0.1, -0.05) is 25.7 Å². The van der Waals surface area contributed by atoms with Crippen LogP contribution in [0.2, 0.25) is 0 Å². The third-order valence-electron chi connectivity index (χ3n) is 3.40. The first-order valence-electron chi connectivity index (χ1n) is 6.34. The molecule has 17 heavy (non-hydrogen) atoms. The highest BCUT2D eigenvalue weighted by Gasteiger charge is 2.13. The van der Waals surface area contributed by atoms with E-state index < -0.39 is 5.97 Å². The van der Waals surface area contributed by atoms with Gasteiger partial charge in [0.2, 0.25) is 0 Å². The number of nitrogens with zero attached hydrogens (tertiary/aromatic N) is 1. The summed E-state index contributed by atoms with van der Waals surface area (Å²) in [7, 11) is 0. The van der Waals surface area contributed by atoms with Crippen LogP contribution in [0.5, 0.6) is 0 Å². The number of aromatic nitrogens is 1. The second-order valence-corrected chi connectivity index (χ2v) is 4.71. The number of carboxylic acid groups (broad SMARTS) is 1. The summed E-state index contributed by atoms with van der Waals surface area (Å²) in [6.45, 7) is 0. The smallest absolute Gasteiger partial charge is 0.328 e. The highest BCUT2D eigenvalue weighted by molar-refractivity contribution is 5.85. The van der Waals surface area contributed by atoms with Gasteiger partial charge < -0.3 is 9.67 Å². The van der Waals surface area contributed by atoms with E-state index in [-0.39, 0.29) is 0 Å². The van der Waals surface area contributed by atoms with Crippen molar-refractivity contribution in [2.24, 2.45) is 0 Å². The lowest BCUT2D eigenvalue weighted by Gasteiger charge is -2.15. The van der Waals surface area contributed by atoms with Crippen LogP contribution in [0.15, 0.2) is 24.5 Å². The lowest BCUT2D eigenvalue weighted by Crippen LogP contribution is -2.05. The van der Waals surface area contributed by atoms with Crippen molar-refractivity contribution < 1.29 is 9.90 Å². The monoisotopic (exact) mass is 233 g/mol. The minimum Gasteiger partial charge on any atom is -0.478 e. The summed E-state index contributed by atoms with van der Waals surface area (Å²) >= 11 is 0. The molecule has 0 radical (unpaired) electrons. The summed E-state index contributed by atoms with van der Waals surface area (Å²) in [6.07, 6.45) is 14.8. The van der Waals surface area contributed by atoms with Gasteiger partial charge in [0.25, 0.3) is 0 Å². The van der Waals surface area contributed by atoms with Gasteiger partial charge in [0, 0.05) is 24.5 Å². The third-order valence-corrected chi connectivity index (χ3v) is 3.40. The second kappa shape index (κ2) is 5.71. The zero-order valence-corrected chi connectivity index (χ0v) is 10.0. The van der Waals surface area contributed by atoms with Gasteiger partial charge in [-0.25, -0.2) is 4.79 Å². The fourth-order valence-electron chi connectivity index (χ4n) is 2.48. The summed E-state index contributed by atoms with van der Waals surface area (Å²) < 4.78 is 2.24. The number of aliphatic carboxylic acids is 1. The molecule has 1 N–H and O–H groups in total. The van der Waals surface area contributed by atoms with Crippen LogP contribution in [0.4, 0.5) is 0 Å². The highest BCUT2D eigenvalue weighted by atomic mass is 16.4. The van der Waals surface area contributed by atoms with Crippen LogP contribution in [-0.2, 0) is 4.79 Å². The Balaban J connectivity index is 2.03. The van der Waals surface area contributed by atoms with E-state index in [1.165, 1.54) is 44.6 Å². The van der Waals surface area contributed by atoms with Crippen molar-refractivity contribution in [3.63, 3.8) is 0 Å². The van der Waals surface area contributed by atoms with E-state index in [2.05, 4.69) is 17.0 Å². The molecule has 0 unspecified atom stereocenters. The van der Waals surface area contributed by atoms with Crippen LogP contribution in [0, 0.1) is 0 Å². The first kappa shape index (κ1) is 12.0. The van der Waals surface area contributed by atoms with Crippen molar-refractivity contribution in [1.29, 1.82) is 0 Å². The van der Waals surface area contributed by atoms with Crippen LogP contribution in [0.1, 0.15) is 50.1 Å². The third kappa shape index (κ3) is 3.48. The number of rotatable bonds is 3. The molecule has 3 heteroatoms. The van der Waals surface area contributed by atoms with Gasteiger partial charge >= 0.3 is 5.97 Å². The number of carbonyl (C=O) groups is 1. The maximum Gasteiger partial charge on any atom is 0.328 e. The van der Waals surface area contributed by atoms with Crippen LogP contribution in [0.3, 0.4) is 0 Å². The van der Waals surface area contributed by atoms with Gasteiger partial charge in [0.15, 0.2) is 0 Å². The predicted octanol–water partition coefficient (Wildman–Crippen LogP) is 3.48. The Morgan fingerprint density at radius 1 is 1.29 bits per heavy atom. The van der Waals surface area contributed by atoms with Crippen LogP contribution >= 0.6 is 0 Å². The quantitative estimate of drug-likeness (QED) is 0.641. The molecule has 1 saturated carbocycles. The molecule has 3 nitrogen and oxygen atoms in total. The van der Waals surface area contributed by atoms with Crippen molar-refractivity contribution in [2.75, 3.05) is 0 Å². The number of carboxylic acids is 1. The molecule has 0 aliphatic heterocycles. The van der Waals surface area contributed by atoms with E-state index in [1.54, 1.807) is 6.08 Å². The molecule has 0 spiro atoms. The van der Waals surface area contributed by atoms with Gasteiger partial charge in [-0.2, -0.15) is 0 Å². The maximum atomic E-state index is 10.4. The SMILES string of the molecule is O=C(O)C=Cc1ccn(C2CCCCCC2)c1. The van der Waals surface area contributed by atoms with Crippen molar-refractivity contribution in [3.8, 4) is 0 Å². The Hall–Kier alpha value is -1.51. The van der Waals surface area contributed by atoms with Gasteiger partial charge in [-0.3, -0.25) is 0 Å². The molecule has 1 heterocycles. The van der Waals surface area contributed by atoms with Crippen LogP contribution < -0.4 is 0 Å². The predicted molar refractivity (Wildman–Crippen MR) is 67.8 cm³/mol. The number of hydrogen-bond acceptors (Lipinski definition) is 1. The van der Waals surface area contributed by atoms with E-state index >= 15 is 0 Å². The Morgan fingerprint density at radius 2 is 2.00 bits per heavy atom. The molecule has 1 aromatic rings. The zero-order valence-electron chi connectivity index (χ0n) is 10.0. The highest BCUT2D eigenvalue weighted by Crippen LogP contribution is 2.27. The lowest BCUT2D eigenvalue weighted by atomic mass is 10.1. The fraction of sp³-hybridized carbons (Fsp3) is 0.500. The Kier molecular flexibility index (Phi) is 4.02. The van der Waals surface area contributed by atoms with Crippen LogP contribution in [-0.4, -0.2) is 15.6 Å². The van der Waals surface area contributed by atoms with Gasteiger partial charge in [-0.15, -0.1) is 0 Å². The molecular weight excluding hydrogens is 214 g/mol. The molecule has 0 atom stereocenters. The van der Waals surface area contributed by atoms with E-state index in [4.69, 9.17) is 5.11 Å². The van der Waals surface area contributed by atoms with Crippen molar-refractivity contribution in [2.45, 2.75) is 44.6 Å². The van der Waals surface area contributed by atoms with Crippen molar-refractivity contribution >= 4 is 12.0 Å².